The number of carbonyl (C=O) groups is 1. The molecule has 1 aromatic carbocycles. The fraction of sp³-hybridized carbons (Fsp3) is 0.533. The van der Waals surface area contributed by atoms with Gasteiger partial charge in [0.25, 0.3) is 5.69 Å². The number of nitrogens with zero attached hydrogens (tertiary/aromatic N) is 2. The Labute approximate surface area is 124 Å². The summed E-state index contributed by atoms with van der Waals surface area (Å²) in [5.74, 6) is 0.186. The van der Waals surface area contributed by atoms with Gasteiger partial charge in [0.1, 0.15) is 0 Å². The highest BCUT2D eigenvalue weighted by Gasteiger charge is 2.14. The first-order chi connectivity index (χ1) is 10.2. The maximum Gasteiger partial charge on any atom is 0.269 e. The van der Waals surface area contributed by atoms with Crippen LogP contribution in [0.25, 0.3) is 0 Å². The van der Waals surface area contributed by atoms with Crippen molar-refractivity contribution in [1.82, 2.24) is 4.90 Å². The molecule has 0 aliphatic carbocycles. The minimum atomic E-state index is -0.424. The van der Waals surface area contributed by atoms with E-state index in [-0.39, 0.29) is 11.6 Å². The van der Waals surface area contributed by atoms with E-state index >= 15 is 0 Å². The number of rotatable bonds is 5. The minimum Gasteiger partial charge on any atom is -0.385 e. The van der Waals surface area contributed by atoms with Crippen LogP contribution >= 0.6 is 0 Å². The lowest BCUT2D eigenvalue weighted by atomic mass is 10.2. The van der Waals surface area contributed by atoms with Crippen molar-refractivity contribution in [2.75, 3.05) is 25.0 Å². The molecule has 0 saturated carbocycles. The van der Waals surface area contributed by atoms with Crippen molar-refractivity contribution in [3.8, 4) is 0 Å². The summed E-state index contributed by atoms with van der Waals surface area (Å²) >= 11 is 0. The summed E-state index contributed by atoms with van der Waals surface area (Å²) in [6, 6.07) is 6.24. The van der Waals surface area contributed by atoms with E-state index in [9.17, 15) is 14.9 Å². The zero-order valence-electron chi connectivity index (χ0n) is 12.1. The standard InChI is InChI=1S/C15H21N3O3/c19-15(17-11-3-1-2-4-12-17)9-10-16-13-5-7-14(8-6-13)18(20)21/h5-8,16H,1-4,9-12H2. The van der Waals surface area contributed by atoms with Crippen molar-refractivity contribution in [3.05, 3.63) is 34.4 Å². The molecule has 0 radical (unpaired) electrons. The zero-order chi connectivity index (χ0) is 15.1. The average molecular weight is 291 g/mol. The van der Waals surface area contributed by atoms with Gasteiger partial charge >= 0.3 is 0 Å². The number of benzene rings is 1. The van der Waals surface area contributed by atoms with Crippen molar-refractivity contribution >= 4 is 17.3 Å². The van der Waals surface area contributed by atoms with Crippen LogP contribution in [0.3, 0.4) is 0 Å². The highest BCUT2D eigenvalue weighted by Crippen LogP contribution is 2.15. The maximum atomic E-state index is 12.1. The summed E-state index contributed by atoms with van der Waals surface area (Å²) in [6.07, 6.45) is 5.08. The molecule has 21 heavy (non-hydrogen) atoms. The predicted octanol–water partition coefficient (Wildman–Crippen LogP) is 2.80. The minimum absolute atomic E-state index is 0.0705. The highest BCUT2D eigenvalue weighted by molar-refractivity contribution is 5.76. The Kier molecular flexibility index (Phi) is 5.54. The Morgan fingerprint density at radius 3 is 2.33 bits per heavy atom. The van der Waals surface area contributed by atoms with Gasteiger partial charge in [-0.2, -0.15) is 0 Å². The normalized spacial score (nSPS) is 15.3. The Hall–Kier alpha value is -2.11. The molecule has 1 aromatic rings. The van der Waals surface area contributed by atoms with E-state index in [1.54, 1.807) is 12.1 Å². The van der Waals surface area contributed by atoms with E-state index < -0.39 is 4.92 Å². The highest BCUT2D eigenvalue weighted by atomic mass is 16.6. The molecular weight excluding hydrogens is 270 g/mol. The molecule has 6 heteroatoms. The molecule has 0 bridgehead atoms. The molecule has 1 fully saturated rings. The van der Waals surface area contributed by atoms with Crippen LogP contribution in [0.4, 0.5) is 11.4 Å². The lowest BCUT2D eigenvalue weighted by molar-refractivity contribution is -0.384. The van der Waals surface area contributed by atoms with Gasteiger partial charge in [0.15, 0.2) is 0 Å². The fourth-order valence-electron chi connectivity index (χ4n) is 2.49. The van der Waals surface area contributed by atoms with E-state index in [0.29, 0.717) is 13.0 Å². The average Bonchev–Trinajstić information content (AvgIpc) is 2.77. The second kappa shape index (κ2) is 7.61. The van der Waals surface area contributed by atoms with Crippen LogP contribution in [0.1, 0.15) is 32.1 Å². The number of likely N-dealkylation sites (tertiary alicyclic amines) is 1. The molecule has 1 aliphatic rings. The van der Waals surface area contributed by atoms with Gasteiger partial charge in [-0.05, 0) is 25.0 Å². The second-order valence-electron chi connectivity index (χ2n) is 5.28. The van der Waals surface area contributed by atoms with E-state index in [1.165, 1.54) is 25.0 Å². The molecular formula is C15H21N3O3. The van der Waals surface area contributed by atoms with Gasteiger partial charge in [-0.3, -0.25) is 14.9 Å². The van der Waals surface area contributed by atoms with E-state index in [1.807, 2.05) is 4.90 Å². The zero-order valence-corrected chi connectivity index (χ0v) is 12.1. The molecule has 1 aliphatic heterocycles. The SMILES string of the molecule is O=C(CCNc1ccc([N+](=O)[O-])cc1)N1CCCCCC1. The molecule has 1 amide bonds. The topological polar surface area (TPSA) is 75.5 Å². The molecule has 0 atom stereocenters. The van der Waals surface area contributed by atoms with Crippen molar-refractivity contribution in [3.63, 3.8) is 0 Å². The smallest absolute Gasteiger partial charge is 0.269 e. The molecule has 0 unspecified atom stereocenters. The largest absolute Gasteiger partial charge is 0.385 e. The van der Waals surface area contributed by atoms with Crippen LogP contribution in [-0.4, -0.2) is 35.4 Å². The third-order valence-electron chi connectivity index (χ3n) is 3.70. The third-order valence-corrected chi connectivity index (χ3v) is 3.70. The molecule has 2 rings (SSSR count). The van der Waals surface area contributed by atoms with Gasteiger partial charge in [-0.25, -0.2) is 0 Å². The summed E-state index contributed by atoms with van der Waals surface area (Å²) < 4.78 is 0. The summed E-state index contributed by atoms with van der Waals surface area (Å²) in [6.45, 7) is 2.29. The van der Waals surface area contributed by atoms with E-state index in [4.69, 9.17) is 0 Å². The first kappa shape index (κ1) is 15.3. The monoisotopic (exact) mass is 291 g/mol. The molecule has 6 nitrogen and oxygen atoms in total. The number of nitro benzene ring substituents is 1. The molecule has 0 spiro atoms. The van der Waals surface area contributed by atoms with Gasteiger partial charge in [0.2, 0.25) is 5.91 Å². The lowest BCUT2D eigenvalue weighted by Gasteiger charge is -2.20. The van der Waals surface area contributed by atoms with Crippen LogP contribution in [0.5, 0.6) is 0 Å². The van der Waals surface area contributed by atoms with E-state index in [0.717, 1.165) is 31.6 Å². The predicted molar refractivity (Wildman–Crippen MR) is 81.3 cm³/mol. The molecule has 1 heterocycles. The van der Waals surface area contributed by atoms with Gasteiger partial charge in [-0.1, -0.05) is 12.8 Å². The van der Waals surface area contributed by atoms with Gasteiger partial charge in [0.05, 0.1) is 4.92 Å². The molecule has 114 valence electrons. The Morgan fingerprint density at radius 2 is 1.76 bits per heavy atom. The Morgan fingerprint density at radius 1 is 1.14 bits per heavy atom. The number of hydrogen-bond acceptors (Lipinski definition) is 4. The Balaban J connectivity index is 1.75. The lowest BCUT2D eigenvalue weighted by Crippen LogP contribution is -2.32. The van der Waals surface area contributed by atoms with Gasteiger partial charge in [-0.15, -0.1) is 0 Å². The molecule has 1 N–H and O–H groups in total. The van der Waals surface area contributed by atoms with Crippen LogP contribution in [-0.2, 0) is 4.79 Å². The Bertz CT molecular complexity index is 479. The van der Waals surface area contributed by atoms with E-state index in [2.05, 4.69) is 5.32 Å². The first-order valence-corrected chi connectivity index (χ1v) is 7.43. The van der Waals surface area contributed by atoms with Gasteiger partial charge < -0.3 is 10.2 Å². The summed E-state index contributed by atoms with van der Waals surface area (Å²) in [5, 5.41) is 13.7. The summed E-state index contributed by atoms with van der Waals surface area (Å²) in [7, 11) is 0. The van der Waals surface area contributed by atoms with Crippen LogP contribution in [0, 0.1) is 10.1 Å². The van der Waals surface area contributed by atoms with Crippen molar-refractivity contribution < 1.29 is 9.72 Å². The molecule has 0 aromatic heterocycles. The molecule has 1 saturated heterocycles. The number of carbonyl (C=O) groups excluding carboxylic acids is 1. The van der Waals surface area contributed by atoms with Crippen molar-refractivity contribution in [1.29, 1.82) is 0 Å². The first-order valence-electron chi connectivity index (χ1n) is 7.43. The van der Waals surface area contributed by atoms with Crippen LogP contribution in [0.15, 0.2) is 24.3 Å². The number of anilines is 1. The summed E-state index contributed by atoms with van der Waals surface area (Å²) in [5.41, 5.74) is 0.866. The third kappa shape index (κ3) is 4.73. The second-order valence-corrected chi connectivity index (χ2v) is 5.28. The number of hydrogen-bond donors (Lipinski definition) is 1. The number of nitrogens with one attached hydrogen (secondary N) is 1. The van der Waals surface area contributed by atoms with Crippen LogP contribution < -0.4 is 5.32 Å². The van der Waals surface area contributed by atoms with Crippen LogP contribution in [0.2, 0.25) is 0 Å². The van der Waals surface area contributed by atoms with Gasteiger partial charge in [0, 0.05) is 43.9 Å². The van der Waals surface area contributed by atoms with Crippen molar-refractivity contribution in [2.45, 2.75) is 32.1 Å². The number of amides is 1. The number of nitro groups is 1. The quantitative estimate of drug-likeness (QED) is 0.668. The maximum absolute atomic E-state index is 12.1. The fourth-order valence-corrected chi connectivity index (χ4v) is 2.49. The number of non-ortho nitro benzene ring substituents is 1. The summed E-state index contributed by atoms with van der Waals surface area (Å²) in [4.78, 5) is 24.2. The van der Waals surface area contributed by atoms with Crippen molar-refractivity contribution in [2.24, 2.45) is 0 Å².